The van der Waals surface area contributed by atoms with Crippen LogP contribution < -0.4 is 9.47 Å². The highest BCUT2D eigenvalue weighted by molar-refractivity contribution is 7.65. The lowest BCUT2D eigenvalue weighted by Gasteiger charge is -2.14. The van der Waals surface area contributed by atoms with Crippen molar-refractivity contribution in [2.45, 2.75) is 4.90 Å². The van der Waals surface area contributed by atoms with Gasteiger partial charge in [0.15, 0.2) is 0 Å². The number of hydrogen-bond acceptors (Lipinski definition) is 5. The molecule has 150 valence electrons. The van der Waals surface area contributed by atoms with Gasteiger partial charge in [0, 0.05) is 37.9 Å². The molecule has 0 aliphatic carbocycles. The zero-order valence-electron chi connectivity index (χ0n) is 16.0. The van der Waals surface area contributed by atoms with Crippen LogP contribution in [0.5, 0.6) is 11.6 Å². The van der Waals surface area contributed by atoms with E-state index in [9.17, 15) is 8.60 Å². The summed E-state index contributed by atoms with van der Waals surface area (Å²) in [5.41, 5.74) is 2.41. The van der Waals surface area contributed by atoms with E-state index in [-0.39, 0.29) is 5.82 Å². The highest BCUT2D eigenvalue weighted by Crippen LogP contribution is 2.41. The maximum Gasteiger partial charge on any atom is 0.505 e. The van der Waals surface area contributed by atoms with Gasteiger partial charge >= 0.3 is 11.7 Å². The highest BCUT2D eigenvalue weighted by Gasteiger charge is 2.20. The molecule has 0 bridgehead atoms. The summed E-state index contributed by atoms with van der Waals surface area (Å²) in [7, 11) is 3.03. The van der Waals surface area contributed by atoms with Gasteiger partial charge in [0.2, 0.25) is 5.88 Å². The van der Waals surface area contributed by atoms with E-state index in [0.717, 1.165) is 5.39 Å². The first-order valence-corrected chi connectivity index (χ1v) is 9.95. The first-order chi connectivity index (χ1) is 14.5. The Morgan fingerprint density at radius 3 is 2.47 bits per heavy atom. The van der Waals surface area contributed by atoms with Crippen molar-refractivity contribution in [3.63, 3.8) is 0 Å². The molecule has 4 aromatic rings. The number of nitrogens with zero attached hydrogens (tertiary/aromatic N) is 2. The number of fused-ring (bicyclic) bond motifs is 1. The molecule has 8 heteroatoms. The molecular formula is C22H15ClFN2O3S+. The van der Waals surface area contributed by atoms with E-state index in [2.05, 4.69) is 10.2 Å². The Balaban J connectivity index is 1.96. The minimum absolute atomic E-state index is 0.311. The van der Waals surface area contributed by atoms with Crippen molar-refractivity contribution < 1.29 is 18.1 Å². The Morgan fingerprint density at radius 2 is 1.77 bits per heavy atom. The third-order valence-corrected chi connectivity index (χ3v) is 5.45. The van der Waals surface area contributed by atoms with Gasteiger partial charge in [-0.1, -0.05) is 23.7 Å². The molecule has 0 saturated carbocycles. The van der Waals surface area contributed by atoms with Gasteiger partial charge in [-0.25, -0.2) is 4.39 Å². The molecule has 0 amide bonds. The summed E-state index contributed by atoms with van der Waals surface area (Å²) in [6.07, 6.45) is 0. The molecule has 4 rings (SSSR count). The van der Waals surface area contributed by atoms with E-state index in [1.165, 1.54) is 26.4 Å². The average molecular weight is 442 g/mol. The zero-order valence-corrected chi connectivity index (χ0v) is 17.6. The first-order valence-electron chi connectivity index (χ1n) is 8.83. The van der Waals surface area contributed by atoms with Crippen LogP contribution in [-0.2, 0) is 15.9 Å². The van der Waals surface area contributed by atoms with Crippen LogP contribution in [0.25, 0.3) is 33.2 Å². The SMILES string of the molecule is COc1cc(-c2cccc(F)c2)c(Cl)cc1-c1nnc(OC)c2cc([S+]=O)ccc12. The molecule has 1 aromatic heterocycles. The fraction of sp³-hybridized carbons (Fsp3) is 0.0909. The predicted molar refractivity (Wildman–Crippen MR) is 115 cm³/mol. The van der Waals surface area contributed by atoms with Gasteiger partial charge in [-0.15, -0.1) is 10.2 Å². The molecule has 0 N–H and O–H groups in total. The van der Waals surface area contributed by atoms with Crippen LogP contribution in [-0.4, -0.2) is 24.4 Å². The molecule has 0 unspecified atom stereocenters. The molecule has 0 spiro atoms. The Bertz CT molecular complexity index is 1280. The van der Waals surface area contributed by atoms with E-state index in [1.54, 1.807) is 42.5 Å². The van der Waals surface area contributed by atoms with Crippen molar-refractivity contribution in [3.05, 3.63) is 65.4 Å². The second-order valence-corrected chi connectivity index (χ2v) is 7.44. The maximum atomic E-state index is 13.7. The van der Waals surface area contributed by atoms with E-state index in [1.807, 2.05) is 0 Å². The number of benzene rings is 3. The van der Waals surface area contributed by atoms with Gasteiger partial charge in [-0.2, -0.15) is 0 Å². The number of rotatable bonds is 5. The molecule has 0 atom stereocenters. The Kier molecular flexibility index (Phi) is 5.57. The second kappa shape index (κ2) is 8.30. The summed E-state index contributed by atoms with van der Waals surface area (Å²) < 4.78 is 35.8. The van der Waals surface area contributed by atoms with Crippen LogP contribution >= 0.6 is 11.6 Å². The average Bonchev–Trinajstić information content (AvgIpc) is 2.77. The molecule has 1 heterocycles. The summed E-state index contributed by atoms with van der Waals surface area (Å²) in [5, 5.41) is 10.2. The minimum atomic E-state index is -0.356. The number of aromatic nitrogens is 2. The molecular weight excluding hydrogens is 427 g/mol. The molecule has 0 aliphatic rings. The van der Waals surface area contributed by atoms with Gasteiger partial charge in [-0.3, -0.25) is 0 Å². The Morgan fingerprint density at radius 1 is 0.933 bits per heavy atom. The fourth-order valence-corrected chi connectivity index (χ4v) is 3.86. The molecule has 0 fully saturated rings. The van der Waals surface area contributed by atoms with Crippen molar-refractivity contribution in [1.82, 2.24) is 10.2 Å². The third-order valence-electron chi connectivity index (χ3n) is 4.69. The molecule has 30 heavy (non-hydrogen) atoms. The van der Waals surface area contributed by atoms with Gasteiger partial charge in [0.25, 0.3) is 4.90 Å². The van der Waals surface area contributed by atoms with Crippen LogP contribution in [0, 0.1) is 5.82 Å². The summed E-state index contributed by atoms with van der Waals surface area (Å²) in [5.74, 6) is 0.457. The van der Waals surface area contributed by atoms with Crippen LogP contribution in [0.4, 0.5) is 4.39 Å². The van der Waals surface area contributed by atoms with Crippen molar-refractivity contribution in [3.8, 4) is 34.0 Å². The molecule has 0 aliphatic heterocycles. The lowest BCUT2D eigenvalue weighted by atomic mass is 9.99. The van der Waals surface area contributed by atoms with Crippen molar-refractivity contribution in [1.29, 1.82) is 0 Å². The lowest BCUT2D eigenvalue weighted by molar-refractivity contribution is 0.397. The van der Waals surface area contributed by atoms with Crippen molar-refractivity contribution in [2.75, 3.05) is 14.2 Å². The van der Waals surface area contributed by atoms with Gasteiger partial charge in [0.1, 0.15) is 17.3 Å². The largest absolute Gasteiger partial charge is 0.505 e. The van der Waals surface area contributed by atoms with Crippen molar-refractivity contribution >= 4 is 34.0 Å². The molecule has 5 nitrogen and oxygen atoms in total. The summed E-state index contributed by atoms with van der Waals surface area (Å²) in [6.45, 7) is 0. The summed E-state index contributed by atoms with van der Waals surface area (Å²) in [4.78, 5) is 0.534. The van der Waals surface area contributed by atoms with Crippen LogP contribution in [0.15, 0.2) is 59.5 Å². The monoisotopic (exact) mass is 441 g/mol. The van der Waals surface area contributed by atoms with E-state index in [0.29, 0.717) is 61.0 Å². The van der Waals surface area contributed by atoms with Crippen LogP contribution in [0.3, 0.4) is 0 Å². The second-order valence-electron chi connectivity index (χ2n) is 6.39. The predicted octanol–water partition coefficient (Wildman–Crippen LogP) is 5.56. The van der Waals surface area contributed by atoms with Crippen LogP contribution in [0.2, 0.25) is 5.02 Å². The lowest BCUT2D eigenvalue weighted by Crippen LogP contribution is -1.98. The van der Waals surface area contributed by atoms with E-state index >= 15 is 0 Å². The Labute approximate surface area is 180 Å². The Hall–Kier alpha value is -3.16. The zero-order chi connectivity index (χ0) is 21.3. The number of hydrogen-bond donors (Lipinski definition) is 0. The smallest absolute Gasteiger partial charge is 0.496 e. The quantitative estimate of drug-likeness (QED) is 0.379. The van der Waals surface area contributed by atoms with Gasteiger partial charge in [0.05, 0.1) is 19.6 Å². The fourth-order valence-electron chi connectivity index (χ4n) is 3.30. The van der Waals surface area contributed by atoms with Gasteiger partial charge < -0.3 is 9.47 Å². The molecule has 0 saturated heterocycles. The van der Waals surface area contributed by atoms with Gasteiger partial charge in [-0.05, 0) is 35.9 Å². The molecule has 3 aromatic carbocycles. The van der Waals surface area contributed by atoms with Crippen molar-refractivity contribution in [2.24, 2.45) is 0 Å². The number of ether oxygens (including phenoxy) is 2. The van der Waals surface area contributed by atoms with Crippen LogP contribution in [0.1, 0.15) is 0 Å². The topological polar surface area (TPSA) is 61.3 Å². The number of halogens is 2. The van der Waals surface area contributed by atoms with E-state index in [4.69, 9.17) is 21.1 Å². The highest BCUT2D eigenvalue weighted by atomic mass is 35.5. The summed E-state index contributed by atoms with van der Waals surface area (Å²) >= 11 is 6.94. The third kappa shape index (κ3) is 3.58. The normalized spacial score (nSPS) is 10.8. The standard InChI is InChI=1S/C22H15ClFN2O3S/c1-28-20-11-16(12-4-3-5-13(24)8-12)19(23)10-18(20)21-15-7-6-14(30-27)9-17(15)22(29-2)26-25-21/h3-11H,1-2H3/q+1. The number of methoxy groups -OCH3 is 2. The maximum absolute atomic E-state index is 13.7. The molecule has 0 radical (unpaired) electrons. The summed E-state index contributed by atoms with van der Waals surface area (Å²) in [6, 6.07) is 14.8. The first kappa shape index (κ1) is 20.1. The minimum Gasteiger partial charge on any atom is -0.496 e. The van der Waals surface area contributed by atoms with E-state index < -0.39 is 0 Å².